The van der Waals surface area contributed by atoms with Crippen molar-refractivity contribution in [1.29, 1.82) is 0 Å². The quantitative estimate of drug-likeness (QED) is 0.383. The molecule has 0 unspecified atom stereocenters. The van der Waals surface area contributed by atoms with Gasteiger partial charge in [0.15, 0.2) is 0 Å². The van der Waals surface area contributed by atoms with Gasteiger partial charge in [-0.1, -0.05) is 6.07 Å². The number of rotatable bonds is 3. The molecule has 9 heteroatoms. The Balaban J connectivity index is 0.000000383. The summed E-state index contributed by atoms with van der Waals surface area (Å²) in [5.41, 5.74) is 3.16. The predicted molar refractivity (Wildman–Crippen MR) is 129 cm³/mol. The Morgan fingerprint density at radius 3 is 2.45 bits per heavy atom. The third-order valence-corrected chi connectivity index (χ3v) is 5.29. The van der Waals surface area contributed by atoms with Gasteiger partial charge in [-0.2, -0.15) is 9.78 Å². The van der Waals surface area contributed by atoms with E-state index >= 15 is 0 Å². The van der Waals surface area contributed by atoms with Gasteiger partial charge in [-0.15, -0.1) is 11.3 Å². The molecule has 3 aromatic heterocycles. The number of fused-ring (bicyclic) bond motifs is 2. The van der Waals surface area contributed by atoms with Crippen LogP contribution in [0.2, 0.25) is 0 Å². The Labute approximate surface area is 196 Å². The molecule has 2 N–H and O–H groups in total. The highest BCUT2D eigenvalue weighted by atomic mass is 32.1. The minimum absolute atomic E-state index is 0.00110. The molecule has 1 aromatic carbocycles. The number of carbonyl (C=O) groups is 2. The van der Waals surface area contributed by atoms with E-state index in [0.717, 1.165) is 32.4 Å². The third kappa shape index (κ3) is 6.00. The summed E-state index contributed by atoms with van der Waals surface area (Å²) in [6, 6.07) is 9.59. The summed E-state index contributed by atoms with van der Waals surface area (Å²) in [6.45, 7) is 11.4. The number of benzene rings is 1. The first-order chi connectivity index (χ1) is 15.4. The highest BCUT2D eigenvalue weighted by Gasteiger charge is 2.23. The second-order valence-corrected chi connectivity index (χ2v) is 10.4. The summed E-state index contributed by atoms with van der Waals surface area (Å²) in [4.78, 5) is 25.5. The first-order valence-corrected chi connectivity index (χ1v) is 11.3. The topological polar surface area (TPSA) is 106 Å². The van der Waals surface area contributed by atoms with E-state index in [9.17, 15) is 14.7 Å². The van der Waals surface area contributed by atoms with Crippen LogP contribution in [0.25, 0.3) is 32.5 Å². The zero-order chi connectivity index (χ0) is 24.4. The van der Waals surface area contributed by atoms with Crippen LogP contribution >= 0.6 is 11.3 Å². The van der Waals surface area contributed by atoms with E-state index < -0.39 is 11.7 Å². The molecule has 0 fully saturated rings. The van der Waals surface area contributed by atoms with Crippen molar-refractivity contribution in [2.45, 2.75) is 59.4 Å². The number of carbonyl (C=O) groups excluding carboxylic acids is 2. The van der Waals surface area contributed by atoms with E-state index in [0.29, 0.717) is 12.2 Å². The lowest BCUT2D eigenvalue weighted by Gasteiger charge is -2.18. The molecular weight excluding hydrogens is 442 g/mol. The summed E-state index contributed by atoms with van der Waals surface area (Å²) < 4.78 is 12.3. The van der Waals surface area contributed by atoms with Crippen LogP contribution in [-0.4, -0.2) is 43.6 Å². The van der Waals surface area contributed by atoms with Gasteiger partial charge >= 0.3 is 6.09 Å². The number of nitrogens with one attached hydrogen (secondary N) is 1. The number of hydrogen-bond acceptors (Lipinski definition) is 7. The summed E-state index contributed by atoms with van der Waals surface area (Å²) in [7, 11) is 0. The number of thiophene rings is 1. The highest BCUT2D eigenvalue weighted by Crippen LogP contribution is 2.34. The molecule has 33 heavy (non-hydrogen) atoms. The van der Waals surface area contributed by atoms with Crippen molar-refractivity contribution in [3.8, 4) is 11.4 Å². The van der Waals surface area contributed by atoms with E-state index in [1.54, 1.807) is 0 Å². The van der Waals surface area contributed by atoms with Crippen molar-refractivity contribution in [3.63, 3.8) is 0 Å². The molecule has 0 atom stereocenters. The van der Waals surface area contributed by atoms with Gasteiger partial charge in [0, 0.05) is 10.9 Å². The Morgan fingerprint density at radius 2 is 1.88 bits per heavy atom. The second kappa shape index (κ2) is 9.36. The van der Waals surface area contributed by atoms with Crippen LogP contribution in [0.3, 0.4) is 0 Å². The largest absolute Gasteiger partial charge is 0.462 e. The standard InChI is InChI=1S/C19H19N3O3S.C5H10O2/c1-19(2,3)25-18(24)22-15-6-7-26-17(15)16(21-22)14-9-12-8-11(10-23)4-5-13(12)20-14;1-5(2,3)7-4-6/h4-9,20,23H,10H2,1-3H3;4H,1-3H3. The van der Waals surface area contributed by atoms with Crippen LogP contribution < -0.4 is 0 Å². The Bertz CT molecular complexity index is 1270. The van der Waals surface area contributed by atoms with E-state index in [1.807, 2.05) is 77.3 Å². The molecule has 0 aliphatic rings. The number of ether oxygens (including phenoxy) is 2. The Hall–Kier alpha value is -3.17. The second-order valence-electron chi connectivity index (χ2n) is 9.46. The van der Waals surface area contributed by atoms with Crippen LogP contribution in [0.4, 0.5) is 4.79 Å². The van der Waals surface area contributed by atoms with E-state index in [-0.39, 0.29) is 12.2 Å². The highest BCUT2D eigenvalue weighted by molar-refractivity contribution is 7.17. The fourth-order valence-corrected chi connectivity index (χ4v) is 3.89. The Kier molecular flexibility index (Phi) is 6.94. The first-order valence-electron chi connectivity index (χ1n) is 10.5. The summed E-state index contributed by atoms with van der Waals surface area (Å²) >= 11 is 1.53. The van der Waals surface area contributed by atoms with Gasteiger partial charge in [0.05, 0.1) is 22.5 Å². The SMILES string of the molecule is CC(C)(C)OC(=O)n1nc(-c2cc3cc(CO)ccc3[nH]2)c2sccc21.CC(C)(C)OC=O. The average molecular weight is 472 g/mol. The number of aliphatic hydroxyl groups is 1. The molecule has 0 radical (unpaired) electrons. The monoisotopic (exact) mass is 471 g/mol. The fourth-order valence-electron chi connectivity index (χ4n) is 3.02. The molecule has 0 amide bonds. The molecule has 4 rings (SSSR count). The molecule has 0 bridgehead atoms. The maximum Gasteiger partial charge on any atom is 0.435 e. The summed E-state index contributed by atoms with van der Waals surface area (Å²) in [6.07, 6.45) is -0.495. The lowest BCUT2D eigenvalue weighted by Crippen LogP contribution is -2.27. The fraction of sp³-hybridized carbons (Fsp3) is 0.375. The van der Waals surface area contributed by atoms with Crippen molar-refractivity contribution in [1.82, 2.24) is 14.8 Å². The van der Waals surface area contributed by atoms with Crippen molar-refractivity contribution in [2.24, 2.45) is 0 Å². The van der Waals surface area contributed by atoms with Gasteiger partial charge in [-0.3, -0.25) is 4.79 Å². The number of H-pyrrole nitrogens is 1. The van der Waals surface area contributed by atoms with Gasteiger partial charge in [0.25, 0.3) is 6.47 Å². The van der Waals surface area contributed by atoms with Crippen molar-refractivity contribution in [3.05, 3.63) is 41.3 Å². The molecule has 0 saturated carbocycles. The van der Waals surface area contributed by atoms with Crippen LogP contribution in [0.1, 0.15) is 47.1 Å². The first kappa shape index (κ1) is 24.5. The molecule has 0 saturated heterocycles. The van der Waals surface area contributed by atoms with E-state index in [4.69, 9.17) is 4.74 Å². The molecule has 0 spiro atoms. The number of nitrogens with zero attached hydrogens (tertiary/aromatic N) is 2. The van der Waals surface area contributed by atoms with Crippen molar-refractivity contribution < 1.29 is 24.2 Å². The predicted octanol–water partition coefficient (Wildman–Crippen LogP) is 5.48. The maximum absolute atomic E-state index is 12.5. The van der Waals surface area contributed by atoms with E-state index in [2.05, 4.69) is 14.8 Å². The van der Waals surface area contributed by atoms with Gasteiger partial charge in [-0.25, -0.2) is 4.79 Å². The molecule has 0 aliphatic carbocycles. The maximum atomic E-state index is 12.5. The van der Waals surface area contributed by atoms with Crippen LogP contribution in [0, 0.1) is 0 Å². The van der Waals surface area contributed by atoms with Gasteiger partial charge in [0.1, 0.15) is 16.9 Å². The molecule has 0 aliphatic heterocycles. The molecule has 8 nitrogen and oxygen atoms in total. The number of aromatic nitrogens is 3. The van der Waals surface area contributed by atoms with Crippen molar-refractivity contribution in [2.75, 3.05) is 0 Å². The summed E-state index contributed by atoms with van der Waals surface area (Å²) in [5, 5.41) is 16.8. The number of aromatic amines is 1. The third-order valence-electron chi connectivity index (χ3n) is 4.38. The lowest BCUT2D eigenvalue weighted by atomic mass is 10.1. The van der Waals surface area contributed by atoms with Crippen molar-refractivity contribution >= 4 is 45.0 Å². The molecule has 3 heterocycles. The average Bonchev–Trinajstić information content (AvgIpc) is 3.39. The summed E-state index contributed by atoms with van der Waals surface area (Å²) in [5.74, 6) is 0. The van der Waals surface area contributed by atoms with Gasteiger partial charge in [0.2, 0.25) is 0 Å². The Morgan fingerprint density at radius 1 is 1.15 bits per heavy atom. The van der Waals surface area contributed by atoms with Gasteiger partial charge < -0.3 is 19.6 Å². The van der Waals surface area contributed by atoms with Crippen LogP contribution in [-0.2, 0) is 20.9 Å². The molecular formula is C24H29N3O5S. The zero-order valence-corrected chi connectivity index (χ0v) is 20.4. The smallest absolute Gasteiger partial charge is 0.435 e. The van der Waals surface area contributed by atoms with Crippen LogP contribution in [0.15, 0.2) is 35.7 Å². The number of hydrogen-bond donors (Lipinski definition) is 2. The van der Waals surface area contributed by atoms with Crippen LogP contribution in [0.5, 0.6) is 0 Å². The van der Waals surface area contributed by atoms with Gasteiger partial charge in [-0.05, 0) is 76.8 Å². The minimum atomic E-state index is -0.590. The number of aliphatic hydroxyl groups excluding tert-OH is 1. The lowest BCUT2D eigenvalue weighted by molar-refractivity contribution is -0.138. The molecule has 4 aromatic rings. The zero-order valence-electron chi connectivity index (χ0n) is 19.6. The molecule has 176 valence electrons. The van der Waals surface area contributed by atoms with E-state index in [1.165, 1.54) is 16.0 Å². The minimum Gasteiger partial charge on any atom is -0.462 e. The normalized spacial score (nSPS) is 11.8.